The summed E-state index contributed by atoms with van der Waals surface area (Å²) in [7, 11) is 0. The first kappa shape index (κ1) is 24.3. The van der Waals surface area contributed by atoms with Gasteiger partial charge >= 0.3 is 12.1 Å². The van der Waals surface area contributed by atoms with Crippen LogP contribution in [-0.2, 0) is 9.47 Å². The van der Waals surface area contributed by atoms with E-state index in [4.69, 9.17) is 25.8 Å². The Balaban J connectivity index is 1.91. The summed E-state index contributed by atoms with van der Waals surface area (Å²) in [6, 6.07) is 2.34. The maximum absolute atomic E-state index is 14.4. The number of likely N-dealkylation sites (tertiary alicyclic amines) is 1. The van der Waals surface area contributed by atoms with Crippen LogP contribution >= 0.6 is 11.6 Å². The maximum Gasteiger partial charge on any atom is 0.410 e. The van der Waals surface area contributed by atoms with E-state index in [1.54, 1.807) is 25.7 Å². The van der Waals surface area contributed by atoms with Crippen LogP contribution in [0.25, 0.3) is 0 Å². The fourth-order valence-corrected chi connectivity index (χ4v) is 3.16. The van der Waals surface area contributed by atoms with Gasteiger partial charge in [-0.05, 0) is 66.4 Å². The van der Waals surface area contributed by atoms with Crippen LogP contribution < -0.4 is 4.74 Å². The molecule has 1 aromatic carbocycles. The summed E-state index contributed by atoms with van der Waals surface area (Å²) in [5.41, 5.74) is -1.49. The second kappa shape index (κ2) is 9.41. The lowest BCUT2D eigenvalue weighted by Gasteiger charge is -2.33. The van der Waals surface area contributed by atoms with E-state index >= 15 is 0 Å². The van der Waals surface area contributed by atoms with E-state index in [1.165, 1.54) is 6.07 Å². The minimum atomic E-state index is -0.775. The second-order valence-corrected chi connectivity index (χ2v) is 9.89. The molecule has 0 spiro atoms. The number of carbonyl (C=O) groups is 2. The summed E-state index contributed by atoms with van der Waals surface area (Å²) < 4.78 is 30.7. The summed E-state index contributed by atoms with van der Waals surface area (Å²) in [4.78, 5) is 25.9. The molecule has 0 aliphatic carbocycles. The molecule has 1 amide bonds. The first-order valence-electron chi connectivity index (χ1n) is 10.1. The summed E-state index contributed by atoms with van der Waals surface area (Å²) in [6.07, 6.45) is 1.18. The van der Waals surface area contributed by atoms with Gasteiger partial charge < -0.3 is 19.1 Å². The van der Waals surface area contributed by atoms with Crippen molar-refractivity contribution < 1.29 is 28.2 Å². The van der Waals surface area contributed by atoms with Crippen molar-refractivity contribution in [2.45, 2.75) is 65.6 Å². The van der Waals surface area contributed by atoms with Crippen LogP contribution in [0.5, 0.6) is 5.75 Å². The van der Waals surface area contributed by atoms with Crippen molar-refractivity contribution >= 4 is 23.7 Å². The highest BCUT2D eigenvalue weighted by Crippen LogP contribution is 2.30. The van der Waals surface area contributed by atoms with Crippen molar-refractivity contribution in [1.82, 2.24) is 4.90 Å². The lowest BCUT2D eigenvalue weighted by Crippen LogP contribution is -2.42. The van der Waals surface area contributed by atoms with Gasteiger partial charge in [0.05, 0.1) is 17.2 Å². The number of hydrogen-bond donors (Lipinski definition) is 0. The van der Waals surface area contributed by atoms with Gasteiger partial charge in [-0.3, -0.25) is 0 Å². The van der Waals surface area contributed by atoms with Crippen LogP contribution in [0.3, 0.4) is 0 Å². The standard InChI is InChI=1S/C22H31ClFNO5/c1-21(2,3)29-19(26)15-11-16(23)18(12-17(15)24)28-13-14-7-9-25(10-8-14)20(27)30-22(4,5)6/h11-12,14H,7-10,13H2,1-6H3. The predicted molar refractivity (Wildman–Crippen MR) is 113 cm³/mol. The molecule has 0 bridgehead atoms. The molecule has 0 aromatic heterocycles. The van der Waals surface area contributed by atoms with E-state index in [0.717, 1.165) is 18.9 Å². The van der Waals surface area contributed by atoms with Gasteiger partial charge in [-0.25, -0.2) is 14.0 Å². The molecule has 2 rings (SSSR count). The van der Waals surface area contributed by atoms with Gasteiger partial charge in [0, 0.05) is 19.2 Å². The highest BCUT2D eigenvalue weighted by molar-refractivity contribution is 6.32. The third-order valence-corrected chi connectivity index (χ3v) is 4.68. The molecule has 1 heterocycles. The normalized spacial score (nSPS) is 15.7. The van der Waals surface area contributed by atoms with Gasteiger partial charge in [0.15, 0.2) is 0 Å². The third kappa shape index (κ3) is 7.35. The Kier molecular flexibility index (Phi) is 7.61. The van der Waals surface area contributed by atoms with E-state index in [9.17, 15) is 14.0 Å². The fraction of sp³-hybridized carbons (Fsp3) is 0.636. The quantitative estimate of drug-likeness (QED) is 0.578. The van der Waals surface area contributed by atoms with Crippen LogP contribution in [0.4, 0.5) is 9.18 Å². The van der Waals surface area contributed by atoms with Crippen molar-refractivity contribution in [3.05, 3.63) is 28.5 Å². The zero-order valence-electron chi connectivity index (χ0n) is 18.5. The molecule has 0 N–H and O–H groups in total. The van der Waals surface area contributed by atoms with Crippen molar-refractivity contribution in [3.63, 3.8) is 0 Å². The molecule has 1 fully saturated rings. The molecule has 8 heteroatoms. The number of carbonyl (C=O) groups excluding carboxylic acids is 2. The average molecular weight is 444 g/mol. The number of benzene rings is 1. The van der Waals surface area contributed by atoms with E-state index < -0.39 is 23.0 Å². The van der Waals surface area contributed by atoms with Crippen molar-refractivity contribution in [2.75, 3.05) is 19.7 Å². The van der Waals surface area contributed by atoms with E-state index in [0.29, 0.717) is 19.7 Å². The average Bonchev–Trinajstić information content (AvgIpc) is 2.59. The summed E-state index contributed by atoms with van der Waals surface area (Å²) in [6.45, 7) is 12.1. The lowest BCUT2D eigenvalue weighted by molar-refractivity contribution is 0.00629. The highest BCUT2D eigenvalue weighted by Gasteiger charge is 2.28. The minimum Gasteiger partial charge on any atom is -0.492 e. The Morgan fingerprint density at radius 2 is 1.63 bits per heavy atom. The molecule has 0 radical (unpaired) electrons. The Morgan fingerprint density at radius 1 is 1.07 bits per heavy atom. The van der Waals surface area contributed by atoms with Gasteiger partial charge in [-0.15, -0.1) is 0 Å². The monoisotopic (exact) mass is 443 g/mol. The smallest absolute Gasteiger partial charge is 0.410 e. The fourth-order valence-electron chi connectivity index (χ4n) is 2.95. The molecule has 1 aromatic rings. The summed E-state index contributed by atoms with van der Waals surface area (Å²) in [5, 5.41) is 0.142. The van der Waals surface area contributed by atoms with Gasteiger partial charge in [0.1, 0.15) is 22.8 Å². The number of halogens is 2. The maximum atomic E-state index is 14.4. The summed E-state index contributed by atoms with van der Waals surface area (Å²) >= 11 is 6.19. The zero-order chi connectivity index (χ0) is 22.7. The Morgan fingerprint density at radius 3 is 2.17 bits per heavy atom. The SMILES string of the molecule is CC(C)(C)OC(=O)c1cc(Cl)c(OCC2CCN(C(=O)OC(C)(C)C)CC2)cc1F. The minimum absolute atomic E-state index is 0.142. The molecule has 0 unspecified atom stereocenters. The molecule has 168 valence electrons. The Labute approximate surface area is 182 Å². The van der Waals surface area contributed by atoms with Crippen LogP contribution in [0.1, 0.15) is 64.7 Å². The number of amides is 1. The first-order chi connectivity index (χ1) is 13.7. The van der Waals surface area contributed by atoms with E-state index in [1.807, 2.05) is 20.8 Å². The lowest BCUT2D eigenvalue weighted by atomic mass is 9.98. The van der Waals surface area contributed by atoms with Crippen molar-refractivity contribution in [3.8, 4) is 5.75 Å². The number of esters is 1. The summed E-state index contributed by atoms with van der Waals surface area (Å²) in [5.74, 6) is -1.14. The van der Waals surface area contributed by atoms with E-state index in [2.05, 4.69) is 0 Å². The largest absolute Gasteiger partial charge is 0.492 e. The first-order valence-corrected chi connectivity index (χ1v) is 10.5. The molecule has 6 nitrogen and oxygen atoms in total. The molecule has 0 saturated carbocycles. The highest BCUT2D eigenvalue weighted by atomic mass is 35.5. The van der Waals surface area contributed by atoms with Crippen LogP contribution in [0.15, 0.2) is 12.1 Å². The third-order valence-electron chi connectivity index (χ3n) is 4.38. The number of hydrogen-bond acceptors (Lipinski definition) is 5. The number of rotatable bonds is 4. The molecular weight excluding hydrogens is 413 g/mol. The molecular formula is C22H31ClFNO5. The molecule has 1 saturated heterocycles. The Hall–Kier alpha value is -2.02. The number of ether oxygens (including phenoxy) is 3. The number of piperidine rings is 1. The zero-order valence-corrected chi connectivity index (χ0v) is 19.3. The Bertz CT molecular complexity index is 777. The molecule has 30 heavy (non-hydrogen) atoms. The van der Waals surface area contributed by atoms with Gasteiger partial charge in [0.2, 0.25) is 0 Å². The second-order valence-electron chi connectivity index (χ2n) is 9.49. The van der Waals surface area contributed by atoms with Crippen LogP contribution in [0, 0.1) is 11.7 Å². The topological polar surface area (TPSA) is 65.1 Å². The molecule has 1 aliphatic heterocycles. The van der Waals surface area contributed by atoms with Crippen molar-refractivity contribution in [1.29, 1.82) is 0 Å². The van der Waals surface area contributed by atoms with Gasteiger partial charge in [-0.1, -0.05) is 11.6 Å². The van der Waals surface area contributed by atoms with Gasteiger partial charge in [0.25, 0.3) is 0 Å². The van der Waals surface area contributed by atoms with Crippen LogP contribution in [-0.4, -0.2) is 47.9 Å². The van der Waals surface area contributed by atoms with Gasteiger partial charge in [-0.2, -0.15) is 0 Å². The number of nitrogens with zero attached hydrogens (tertiary/aromatic N) is 1. The predicted octanol–water partition coefficient (Wildman–Crippen LogP) is 5.46. The van der Waals surface area contributed by atoms with E-state index in [-0.39, 0.29) is 28.3 Å². The molecule has 1 aliphatic rings. The molecule has 0 atom stereocenters. The van der Waals surface area contributed by atoms with Crippen molar-refractivity contribution in [2.24, 2.45) is 5.92 Å². The van der Waals surface area contributed by atoms with Crippen LogP contribution in [0.2, 0.25) is 5.02 Å².